The van der Waals surface area contributed by atoms with Crippen LogP contribution in [0.15, 0.2) is 18.2 Å². The molecule has 0 saturated carbocycles. The Hall–Kier alpha value is -0.850. The highest BCUT2D eigenvalue weighted by atomic mass is 35.5. The number of hydrogen-bond acceptors (Lipinski definition) is 5. The lowest BCUT2D eigenvalue weighted by atomic mass is 9.77. The van der Waals surface area contributed by atoms with Crippen molar-refractivity contribution in [1.82, 2.24) is 5.32 Å². The molecule has 5 atom stereocenters. The van der Waals surface area contributed by atoms with Crippen molar-refractivity contribution in [3.8, 4) is 0 Å². The van der Waals surface area contributed by atoms with Gasteiger partial charge in [-0.3, -0.25) is 4.79 Å². The number of carbonyl (C=O) groups is 1. The van der Waals surface area contributed by atoms with Gasteiger partial charge in [0.05, 0.1) is 29.2 Å². The third kappa shape index (κ3) is 3.41. The maximum atomic E-state index is 12.4. The number of hydrogen-bond donors (Lipinski definition) is 1. The van der Waals surface area contributed by atoms with Crippen LogP contribution in [0.5, 0.6) is 0 Å². The molecule has 5 nitrogen and oxygen atoms in total. The van der Waals surface area contributed by atoms with Crippen LogP contribution in [-0.2, 0) is 19.0 Å². The van der Waals surface area contributed by atoms with E-state index in [0.717, 1.165) is 18.4 Å². The molecular formula is C17H21Cl2NO4. The van der Waals surface area contributed by atoms with Gasteiger partial charge in [0.15, 0.2) is 0 Å². The number of ether oxygens (including phenoxy) is 3. The molecule has 2 fully saturated rings. The minimum atomic E-state index is -0.278. The number of methoxy groups -OCH3 is 2. The lowest BCUT2D eigenvalue weighted by Gasteiger charge is -2.36. The van der Waals surface area contributed by atoms with Crippen LogP contribution in [0.25, 0.3) is 0 Å². The Bertz CT molecular complexity index is 612. The van der Waals surface area contributed by atoms with Crippen molar-refractivity contribution in [2.24, 2.45) is 5.92 Å². The summed E-state index contributed by atoms with van der Waals surface area (Å²) in [5, 5.41) is 4.50. The zero-order valence-electron chi connectivity index (χ0n) is 13.6. The number of nitrogens with one attached hydrogen (secondary N) is 1. The summed E-state index contributed by atoms with van der Waals surface area (Å²) in [6, 6.07) is 5.74. The van der Waals surface area contributed by atoms with Gasteiger partial charge in [-0.1, -0.05) is 29.3 Å². The first-order valence-electron chi connectivity index (χ1n) is 7.94. The van der Waals surface area contributed by atoms with Gasteiger partial charge in [0, 0.05) is 25.1 Å². The summed E-state index contributed by atoms with van der Waals surface area (Å²) in [5.74, 6) is -0.478. The smallest absolute Gasteiger partial charge is 0.310 e. The van der Waals surface area contributed by atoms with Crippen LogP contribution in [0.4, 0.5) is 0 Å². The Morgan fingerprint density at radius 1 is 1.21 bits per heavy atom. The molecule has 0 aliphatic carbocycles. The van der Waals surface area contributed by atoms with Crippen molar-refractivity contribution in [3.63, 3.8) is 0 Å². The minimum absolute atomic E-state index is 0.0116. The van der Waals surface area contributed by atoms with E-state index in [2.05, 4.69) is 5.32 Å². The van der Waals surface area contributed by atoms with Crippen molar-refractivity contribution in [1.29, 1.82) is 0 Å². The summed E-state index contributed by atoms with van der Waals surface area (Å²) in [6.45, 7) is 0.246. The molecule has 0 aromatic heterocycles. The Morgan fingerprint density at radius 2 is 2.00 bits per heavy atom. The van der Waals surface area contributed by atoms with Crippen LogP contribution in [-0.4, -0.2) is 45.2 Å². The molecule has 0 amide bonds. The Kier molecular flexibility index (Phi) is 5.67. The van der Waals surface area contributed by atoms with Gasteiger partial charge in [-0.15, -0.1) is 0 Å². The van der Waals surface area contributed by atoms with Crippen LogP contribution in [0, 0.1) is 5.92 Å². The lowest BCUT2D eigenvalue weighted by molar-refractivity contribution is -0.148. The third-order valence-electron chi connectivity index (χ3n) is 4.98. The molecule has 1 aromatic carbocycles. The first kappa shape index (κ1) is 18.0. The number of halogens is 2. The van der Waals surface area contributed by atoms with E-state index in [-0.39, 0.29) is 42.8 Å². The molecule has 2 saturated heterocycles. The van der Waals surface area contributed by atoms with Crippen molar-refractivity contribution in [2.75, 3.05) is 21.0 Å². The normalized spacial score (nSPS) is 31.9. The van der Waals surface area contributed by atoms with Gasteiger partial charge in [0.2, 0.25) is 0 Å². The molecular weight excluding hydrogens is 353 g/mol. The molecule has 132 valence electrons. The van der Waals surface area contributed by atoms with Crippen LogP contribution >= 0.6 is 23.2 Å². The average molecular weight is 374 g/mol. The van der Waals surface area contributed by atoms with E-state index >= 15 is 0 Å². The van der Waals surface area contributed by atoms with Gasteiger partial charge in [-0.2, -0.15) is 0 Å². The van der Waals surface area contributed by atoms with Gasteiger partial charge in [-0.05, 0) is 30.5 Å². The number of piperidine rings is 1. The van der Waals surface area contributed by atoms with E-state index in [9.17, 15) is 4.79 Å². The maximum Gasteiger partial charge on any atom is 0.310 e. The van der Waals surface area contributed by atoms with Crippen LogP contribution in [0.1, 0.15) is 24.3 Å². The Labute approximate surface area is 151 Å². The summed E-state index contributed by atoms with van der Waals surface area (Å²) in [5.41, 5.74) is 1.00. The second-order valence-electron chi connectivity index (χ2n) is 6.29. The highest BCUT2D eigenvalue weighted by molar-refractivity contribution is 6.42. The number of fused-ring (bicyclic) bond motifs is 2. The second-order valence-corrected chi connectivity index (χ2v) is 7.11. The van der Waals surface area contributed by atoms with E-state index in [1.165, 1.54) is 7.11 Å². The van der Waals surface area contributed by atoms with Gasteiger partial charge in [0.1, 0.15) is 6.79 Å². The van der Waals surface area contributed by atoms with E-state index in [4.69, 9.17) is 37.4 Å². The van der Waals surface area contributed by atoms with Crippen LogP contribution in [0.2, 0.25) is 10.0 Å². The van der Waals surface area contributed by atoms with E-state index < -0.39 is 0 Å². The number of benzene rings is 1. The summed E-state index contributed by atoms with van der Waals surface area (Å²) >= 11 is 12.2. The standard InChI is InChI=1S/C17H21Cl2NO4/c1-22-8-24-15-7-14-16(17(21)23-2)10(6-13(15)20-14)9-3-4-11(18)12(19)5-9/h3-5,10,13-16,20H,6-8H2,1-2H3. The predicted octanol–water partition coefficient (Wildman–Crippen LogP) is 2.99. The van der Waals surface area contributed by atoms with Crippen LogP contribution < -0.4 is 5.32 Å². The van der Waals surface area contributed by atoms with Crippen molar-refractivity contribution < 1.29 is 19.0 Å². The number of carbonyl (C=O) groups excluding carboxylic acids is 1. The number of rotatable bonds is 5. The Balaban J connectivity index is 1.88. The fraction of sp³-hybridized carbons (Fsp3) is 0.588. The fourth-order valence-electron chi connectivity index (χ4n) is 3.93. The average Bonchev–Trinajstić information content (AvgIpc) is 2.90. The molecule has 3 rings (SSSR count). The predicted molar refractivity (Wildman–Crippen MR) is 91.4 cm³/mol. The Morgan fingerprint density at radius 3 is 2.67 bits per heavy atom. The van der Waals surface area contributed by atoms with Crippen molar-refractivity contribution in [3.05, 3.63) is 33.8 Å². The van der Waals surface area contributed by atoms with E-state index in [1.807, 2.05) is 12.1 Å². The topological polar surface area (TPSA) is 56.8 Å². The largest absolute Gasteiger partial charge is 0.469 e. The zero-order valence-corrected chi connectivity index (χ0v) is 15.1. The molecule has 2 heterocycles. The molecule has 0 radical (unpaired) electrons. The van der Waals surface area contributed by atoms with Gasteiger partial charge in [-0.25, -0.2) is 0 Å². The monoisotopic (exact) mass is 373 g/mol. The lowest BCUT2D eigenvalue weighted by Crippen LogP contribution is -2.49. The van der Waals surface area contributed by atoms with Crippen molar-refractivity contribution in [2.45, 2.75) is 36.9 Å². The minimum Gasteiger partial charge on any atom is -0.469 e. The summed E-state index contributed by atoms with van der Waals surface area (Å²) in [4.78, 5) is 12.4. The molecule has 2 aliphatic heterocycles. The van der Waals surface area contributed by atoms with E-state index in [0.29, 0.717) is 10.0 Å². The summed E-state index contributed by atoms with van der Waals surface area (Å²) in [6.07, 6.45) is 1.55. The number of esters is 1. The van der Waals surface area contributed by atoms with Gasteiger partial charge >= 0.3 is 5.97 Å². The molecule has 2 bridgehead atoms. The highest BCUT2D eigenvalue weighted by Gasteiger charge is 2.50. The second kappa shape index (κ2) is 7.58. The zero-order chi connectivity index (χ0) is 17.3. The summed E-state index contributed by atoms with van der Waals surface area (Å²) < 4.78 is 15.8. The molecule has 1 N–H and O–H groups in total. The molecule has 5 unspecified atom stereocenters. The summed E-state index contributed by atoms with van der Waals surface area (Å²) in [7, 11) is 3.03. The first-order chi connectivity index (χ1) is 11.5. The van der Waals surface area contributed by atoms with Crippen molar-refractivity contribution >= 4 is 29.2 Å². The SMILES string of the molecule is COCOC1CC2NC1CC(c1ccc(Cl)c(Cl)c1)C2C(=O)OC. The molecule has 2 aliphatic rings. The third-order valence-corrected chi connectivity index (χ3v) is 5.72. The molecule has 0 spiro atoms. The first-order valence-corrected chi connectivity index (χ1v) is 8.70. The fourth-order valence-corrected chi connectivity index (χ4v) is 4.23. The maximum absolute atomic E-state index is 12.4. The molecule has 1 aromatic rings. The van der Waals surface area contributed by atoms with Gasteiger partial charge in [0.25, 0.3) is 0 Å². The van der Waals surface area contributed by atoms with Crippen LogP contribution in [0.3, 0.4) is 0 Å². The highest BCUT2D eigenvalue weighted by Crippen LogP contribution is 2.44. The molecule has 7 heteroatoms. The molecule has 24 heavy (non-hydrogen) atoms. The van der Waals surface area contributed by atoms with E-state index in [1.54, 1.807) is 13.2 Å². The quantitative estimate of drug-likeness (QED) is 0.634. The van der Waals surface area contributed by atoms with Gasteiger partial charge < -0.3 is 19.5 Å².